The van der Waals surface area contributed by atoms with Crippen molar-refractivity contribution in [2.24, 2.45) is 0 Å². The largest absolute Gasteiger partial charge is 0.388 e. The van der Waals surface area contributed by atoms with Crippen molar-refractivity contribution in [2.45, 2.75) is 52.2 Å². The Hall–Kier alpha value is -1.42. The highest BCUT2D eigenvalue weighted by Crippen LogP contribution is 2.28. The first-order valence-electron chi connectivity index (χ1n) is 7.02. The molecule has 0 aromatic heterocycles. The summed E-state index contributed by atoms with van der Waals surface area (Å²) in [6.07, 6.45) is 1.69. The predicted octanol–water partition coefficient (Wildman–Crippen LogP) is 2.82. The number of likely N-dealkylation sites (tertiary alicyclic amines) is 1. The Morgan fingerprint density at radius 2 is 1.90 bits per heavy atom. The van der Waals surface area contributed by atoms with Crippen molar-refractivity contribution in [1.29, 1.82) is 0 Å². The monoisotopic (exact) mass is 279 g/mol. The van der Waals surface area contributed by atoms with E-state index in [0.29, 0.717) is 23.2 Å². The van der Waals surface area contributed by atoms with Gasteiger partial charge in [-0.3, -0.25) is 4.79 Å². The third-order valence-corrected chi connectivity index (χ3v) is 4.01. The van der Waals surface area contributed by atoms with Gasteiger partial charge >= 0.3 is 0 Å². The summed E-state index contributed by atoms with van der Waals surface area (Å²) in [5.74, 6) is -0.386. The predicted molar refractivity (Wildman–Crippen MR) is 76.2 cm³/mol. The summed E-state index contributed by atoms with van der Waals surface area (Å²) in [5.41, 5.74) is 0.535. The first-order valence-corrected chi connectivity index (χ1v) is 7.02. The van der Waals surface area contributed by atoms with Crippen molar-refractivity contribution in [3.8, 4) is 0 Å². The number of aliphatic hydroxyl groups is 1. The Kier molecular flexibility index (Phi) is 3.87. The summed E-state index contributed by atoms with van der Waals surface area (Å²) in [5, 5.41) is 10.2. The lowest BCUT2D eigenvalue weighted by Gasteiger charge is -2.34. The highest BCUT2D eigenvalue weighted by molar-refractivity contribution is 5.95. The van der Waals surface area contributed by atoms with Crippen LogP contribution in [0.25, 0.3) is 0 Å². The van der Waals surface area contributed by atoms with Crippen LogP contribution in [-0.2, 0) is 0 Å². The average molecular weight is 279 g/mol. The molecule has 1 N–H and O–H groups in total. The minimum absolute atomic E-state index is 0.124. The minimum atomic E-state index is -0.920. The van der Waals surface area contributed by atoms with Gasteiger partial charge in [-0.15, -0.1) is 0 Å². The Balaban J connectivity index is 2.32. The van der Waals surface area contributed by atoms with E-state index in [2.05, 4.69) is 0 Å². The maximum Gasteiger partial charge on any atom is 0.254 e. The van der Waals surface area contributed by atoms with Crippen LogP contribution in [-0.4, -0.2) is 34.1 Å². The van der Waals surface area contributed by atoms with Gasteiger partial charge < -0.3 is 10.0 Å². The lowest BCUT2D eigenvalue weighted by molar-refractivity contribution is 0.000328. The third kappa shape index (κ3) is 2.70. The van der Waals surface area contributed by atoms with Crippen molar-refractivity contribution in [3.05, 3.63) is 34.6 Å². The molecule has 1 saturated heterocycles. The zero-order valence-electron chi connectivity index (χ0n) is 12.5. The van der Waals surface area contributed by atoms with Crippen LogP contribution in [0.3, 0.4) is 0 Å². The van der Waals surface area contributed by atoms with Crippen LogP contribution in [0.5, 0.6) is 0 Å². The number of carbonyl (C=O) groups excluding carboxylic acids is 1. The van der Waals surface area contributed by atoms with E-state index in [-0.39, 0.29) is 17.8 Å². The molecule has 1 unspecified atom stereocenters. The second kappa shape index (κ2) is 5.17. The van der Waals surface area contributed by atoms with Gasteiger partial charge in [0, 0.05) is 12.1 Å². The van der Waals surface area contributed by atoms with E-state index < -0.39 is 5.60 Å². The van der Waals surface area contributed by atoms with Gasteiger partial charge in [0.2, 0.25) is 0 Å². The maximum absolute atomic E-state index is 13.7. The molecule has 1 heterocycles. The third-order valence-electron chi connectivity index (χ3n) is 4.01. The molecule has 1 aromatic carbocycles. The molecule has 0 radical (unpaired) electrons. The van der Waals surface area contributed by atoms with Crippen LogP contribution >= 0.6 is 0 Å². The van der Waals surface area contributed by atoms with Crippen molar-refractivity contribution in [2.75, 3.05) is 6.54 Å². The van der Waals surface area contributed by atoms with Gasteiger partial charge in [0.1, 0.15) is 5.82 Å². The molecule has 0 aliphatic carbocycles. The fraction of sp³-hybridized carbons (Fsp3) is 0.562. The topological polar surface area (TPSA) is 40.5 Å². The summed E-state index contributed by atoms with van der Waals surface area (Å²) in [7, 11) is 0. The van der Waals surface area contributed by atoms with Crippen LogP contribution in [0.4, 0.5) is 4.39 Å². The number of hydrogen-bond donors (Lipinski definition) is 1. The molecule has 0 bridgehead atoms. The number of rotatable bonds is 2. The van der Waals surface area contributed by atoms with E-state index in [9.17, 15) is 14.3 Å². The van der Waals surface area contributed by atoms with Gasteiger partial charge in [-0.1, -0.05) is 0 Å². The fourth-order valence-electron chi connectivity index (χ4n) is 2.98. The quantitative estimate of drug-likeness (QED) is 0.904. The second-order valence-corrected chi connectivity index (χ2v) is 6.23. The summed E-state index contributed by atoms with van der Waals surface area (Å²) < 4.78 is 13.7. The van der Waals surface area contributed by atoms with Crippen LogP contribution in [0.15, 0.2) is 12.1 Å². The zero-order chi connectivity index (χ0) is 15.1. The van der Waals surface area contributed by atoms with E-state index in [1.54, 1.807) is 44.7 Å². The molecule has 4 heteroatoms. The molecule has 1 fully saturated rings. The van der Waals surface area contributed by atoms with Crippen molar-refractivity contribution >= 4 is 5.91 Å². The maximum atomic E-state index is 13.7. The molecule has 1 aliphatic heterocycles. The van der Waals surface area contributed by atoms with Crippen LogP contribution in [0, 0.1) is 19.7 Å². The normalized spacial score (nSPS) is 19.5. The highest BCUT2D eigenvalue weighted by atomic mass is 19.1. The molecule has 0 saturated carbocycles. The van der Waals surface area contributed by atoms with E-state index in [0.717, 1.165) is 12.8 Å². The first-order chi connectivity index (χ1) is 9.21. The van der Waals surface area contributed by atoms with Crippen LogP contribution in [0.1, 0.15) is 48.2 Å². The highest BCUT2D eigenvalue weighted by Gasteiger charge is 2.38. The molecule has 2 rings (SSSR count). The summed E-state index contributed by atoms with van der Waals surface area (Å²) in [6, 6.07) is 3.00. The first kappa shape index (κ1) is 15.0. The second-order valence-electron chi connectivity index (χ2n) is 6.23. The SMILES string of the molecule is Cc1cc(C(=O)N2CCCC2C(C)(C)O)cc(C)c1F. The minimum Gasteiger partial charge on any atom is -0.388 e. The molecule has 110 valence electrons. The van der Waals surface area contributed by atoms with E-state index in [4.69, 9.17) is 0 Å². The van der Waals surface area contributed by atoms with Crippen molar-refractivity contribution in [3.63, 3.8) is 0 Å². The number of aryl methyl sites for hydroxylation is 2. The number of carbonyl (C=O) groups is 1. The Bertz CT molecular complexity index is 511. The molecule has 1 aliphatic rings. The molecule has 0 spiro atoms. The zero-order valence-corrected chi connectivity index (χ0v) is 12.5. The van der Waals surface area contributed by atoms with E-state index in [1.807, 2.05) is 0 Å². The van der Waals surface area contributed by atoms with E-state index >= 15 is 0 Å². The average Bonchev–Trinajstić information content (AvgIpc) is 2.83. The Morgan fingerprint density at radius 1 is 1.35 bits per heavy atom. The number of nitrogens with zero attached hydrogens (tertiary/aromatic N) is 1. The van der Waals surface area contributed by atoms with Gasteiger partial charge in [-0.2, -0.15) is 0 Å². The molecule has 1 atom stereocenters. The molecular formula is C16H22FNO2. The van der Waals surface area contributed by atoms with Gasteiger partial charge in [0.05, 0.1) is 11.6 Å². The number of benzene rings is 1. The summed E-state index contributed by atoms with van der Waals surface area (Å²) in [4.78, 5) is 14.3. The van der Waals surface area contributed by atoms with Crippen LogP contribution < -0.4 is 0 Å². The molecular weight excluding hydrogens is 257 g/mol. The van der Waals surface area contributed by atoms with Gasteiger partial charge in [-0.25, -0.2) is 4.39 Å². The van der Waals surface area contributed by atoms with Gasteiger partial charge in [-0.05, 0) is 63.8 Å². The summed E-state index contributed by atoms with van der Waals surface area (Å²) in [6.45, 7) is 7.42. The van der Waals surface area contributed by atoms with Gasteiger partial charge in [0.25, 0.3) is 5.91 Å². The molecule has 1 aromatic rings. The fourth-order valence-corrected chi connectivity index (χ4v) is 2.98. The van der Waals surface area contributed by atoms with E-state index in [1.165, 1.54) is 0 Å². The van der Waals surface area contributed by atoms with Crippen molar-refractivity contribution < 1.29 is 14.3 Å². The Labute approximate surface area is 119 Å². The number of hydrogen-bond acceptors (Lipinski definition) is 2. The standard InChI is InChI=1S/C16H22FNO2/c1-10-8-12(9-11(2)14(10)17)15(19)18-7-5-6-13(18)16(3,4)20/h8-9,13,20H,5-7H2,1-4H3. The Morgan fingerprint density at radius 3 is 2.40 bits per heavy atom. The number of amides is 1. The van der Waals surface area contributed by atoms with Gasteiger partial charge in [0.15, 0.2) is 0 Å². The number of halogens is 1. The molecule has 1 amide bonds. The lowest BCUT2D eigenvalue weighted by Crippen LogP contribution is -2.48. The lowest BCUT2D eigenvalue weighted by atomic mass is 9.96. The molecule has 20 heavy (non-hydrogen) atoms. The summed E-state index contributed by atoms with van der Waals surface area (Å²) >= 11 is 0. The van der Waals surface area contributed by atoms with Crippen molar-refractivity contribution in [1.82, 2.24) is 4.90 Å². The smallest absolute Gasteiger partial charge is 0.254 e. The molecule has 3 nitrogen and oxygen atoms in total. The van der Waals surface area contributed by atoms with Crippen LogP contribution in [0.2, 0.25) is 0 Å².